The van der Waals surface area contributed by atoms with Gasteiger partial charge in [-0.05, 0) is 18.1 Å². The Morgan fingerprint density at radius 3 is 2.45 bits per heavy atom. The second-order valence-corrected chi connectivity index (χ2v) is 5.08. The van der Waals surface area contributed by atoms with Gasteiger partial charge in [-0.1, -0.05) is 20.3 Å². The first-order valence-electron chi connectivity index (χ1n) is 6.90. The van der Waals surface area contributed by atoms with Crippen LogP contribution in [0.4, 0.5) is 0 Å². The quantitative estimate of drug-likeness (QED) is 0.874. The first-order chi connectivity index (χ1) is 8.76. The van der Waals surface area contributed by atoms with E-state index < -0.39 is 0 Å². The summed E-state index contributed by atoms with van der Waals surface area (Å²) in [4.78, 5) is 2.49. The van der Waals surface area contributed by atoms with Crippen LogP contribution in [0.5, 0.6) is 0 Å². The molecule has 0 amide bonds. The second-order valence-electron chi connectivity index (χ2n) is 5.08. The van der Waals surface area contributed by atoms with E-state index in [-0.39, 0.29) is 31.4 Å². The maximum absolute atomic E-state index is 9.12. The third kappa shape index (κ3) is 4.64. The summed E-state index contributed by atoms with van der Waals surface area (Å²) < 4.78 is 5.76. The number of piperazine rings is 1. The van der Waals surface area contributed by atoms with E-state index in [4.69, 9.17) is 9.52 Å². The standard InChI is InChI=1S/C14H24N2O2.2ClH/c1-3-11(2)14(16-8-6-15-7-9-16)13-5-4-12(10-17)18-13;;/h4-5,11,14-15,17H,3,6-10H2,1-2H3;2*1H/t11?,14-;;/m0../s1. The third-order valence-electron chi connectivity index (χ3n) is 3.86. The van der Waals surface area contributed by atoms with Crippen LogP contribution in [0.3, 0.4) is 0 Å². The van der Waals surface area contributed by atoms with Crippen molar-refractivity contribution in [2.24, 2.45) is 5.92 Å². The minimum Gasteiger partial charge on any atom is -0.462 e. The Morgan fingerprint density at radius 1 is 1.30 bits per heavy atom. The van der Waals surface area contributed by atoms with Crippen molar-refractivity contribution in [3.63, 3.8) is 0 Å². The molecule has 2 heterocycles. The van der Waals surface area contributed by atoms with Crippen LogP contribution >= 0.6 is 24.8 Å². The van der Waals surface area contributed by atoms with Crippen LogP contribution in [0, 0.1) is 5.92 Å². The molecule has 1 aromatic heterocycles. The summed E-state index contributed by atoms with van der Waals surface area (Å²) in [5.41, 5.74) is 0. The van der Waals surface area contributed by atoms with Gasteiger partial charge in [0, 0.05) is 26.2 Å². The van der Waals surface area contributed by atoms with E-state index in [1.807, 2.05) is 12.1 Å². The fourth-order valence-electron chi connectivity index (χ4n) is 2.64. The molecule has 2 rings (SSSR count). The number of aliphatic hydroxyl groups is 1. The zero-order valence-electron chi connectivity index (χ0n) is 12.2. The summed E-state index contributed by atoms with van der Waals surface area (Å²) in [6.45, 7) is 8.67. The van der Waals surface area contributed by atoms with Crippen molar-refractivity contribution in [2.75, 3.05) is 26.2 Å². The predicted molar refractivity (Wildman–Crippen MR) is 85.8 cm³/mol. The molecule has 0 saturated carbocycles. The normalized spacial score (nSPS) is 18.8. The number of hydrogen-bond acceptors (Lipinski definition) is 4. The molecule has 0 aromatic carbocycles. The van der Waals surface area contributed by atoms with Crippen molar-refractivity contribution >= 4 is 24.8 Å². The van der Waals surface area contributed by atoms with Gasteiger partial charge in [0.15, 0.2) is 0 Å². The Labute approximate surface area is 133 Å². The zero-order valence-corrected chi connectivity index (χ0v) is 13.8. The summed E-state index contributed by atoms with van der Waals surface area (Å²) >= 11 is 0. The van der Waals surface area contributed by atoms with Crippen molar-refractivity contribution in [2.45, 2.75) is 32.9 Å². The van der Waals surface area contributed by atoms with Gasteiger partial charge >= 0.3 is 0 Å². The van der Waals surface area contributed by atoms with Gasteiger partial charge in [-0.25, -0.2) is 0 Å². The van der Waals surface area contributed by atoms with E-state index in [0.717, 1.165) is 38.4 Å². The number of hydrogen-bond donors (Lipinski definition) is 2. The molecule has 2 N–H and O–H groups in total. The van der Waals surface area contributed by atoms with E-state index in [9.17, 15) is 0 Å². The molecule has 1 aromatic rings. The van der Waals surface area contributed by atoms with Gasteiger partial charge in [-0.15, -0.1) is 24.8 Å². The smallest absolute Gasteiger partial charge is 0.129 e. The van der Waals surface area contributed by atoms with Crippen LogP contribution in [0.1, 0.15) is 37.8 Å². The molecule has 0 radical (unpaired) electrons. The Morgan fingerprint density at radius 2 is 1.95 bits per heavy atom. The molecular formula is C14H26Cl2N2O2. The number of nitrogens with one attached hydrogen (secondary N) is 1. The van der Waals surface area contributed by atoms with Crippen molar-refractivity contribution in [3.05, 3.63) is 23.7 Å². The Hall–Kier alpha value is -0.260. The summed E-state index contributed by atoms with van der Waals surface area (Å²) in [5, 5.41) is 12.5. The monoisotopic (exact) mass is 324 g/mol. The molecule has 118 valence electrons. The highest BCUT2D eigenvalue weighted by Gasteiger charge is 2.28. The van der Waals surface area contributed by atoms with Crippen molar-refractivity contribution in [3.8, 4) is 0 Å². The topological polar surface area (TPSA) is 48.6 Å². The summed E-state index contributed by atoms with van der Waals surface area (Å²) in [7, 11) is 0. The van der Waals surface area contributed by atoms with Crippen LogP contribution in [-0.2, 0) is 6.61 Å². The number of halogens is 2. The average Bonchev–Trinajstić information content (AvgIpc) is 2.88. The summed E-state index contributed by atoms with van der Waals surface area (Å²) in [6, 6.07) is 4.23. The average molecular weight is 325 g/mol. The first kappa shape index (κ1) is 19.7. The zero-order chi connectivity index (χ0) is 13.0. The van der Waals surface area contributed by atoms with Gasteiger partial charge in [0.25, 0.3) is 0 Å². The predicted octanol–water partition coefficient (Wildman–Crippen LogP) is 2.61. The molecule has 2 atom stereocenters. The van der Waals surface area contributed by atoms with E-state index >= 15 is 0 Å². The van der Waals surface area contributed by atoms with Gasteiger partial charge < -0.3 is 14.8 Å². The third-order valence-corrected chi connectivity index (χ3v) is 3.86. The molecule has 6 heteroatoms. The van der Waals surface area contributed by atoms with E-state index in [1.165, 1.54) is 0 Å². The fraction of sp³-hybridized carbons (Fsp3) is 0.714. The lowest BCUT2D eigenvalue weighted by molar-refractivity contribution is 0.107. The van der Waals surface area contributed by atoms with E-state index in [0.29, 0.717) is 17.7 Å². The molecule has 1 aliphatic heterocycles. The number of aliphatic hydroxyl groups excluding tert-OH is 1. The minimum absolute atomic E-state index is 0. The largest absolute Gasteiger partial charge is 0.462 e. The van der Waals surface area contributed by atoms with Crippen LogP contribution in [0.2, 0.25) is 0 Å². The van der Waals surface area contributed by atoms with Gasteiger partial charge in [0.1, 0.15) is 18.1 Å². The fourth-order valence-corrected chi connectivity index (χ4v) is 2.64. The maximum Gasteiger partial charge on any atom is 0.129 e. The lowest BCUT2D eigenvalue weighted by atomic mass is 9.95. The second kappa shape index (κ2) is 9.64. The van der Waals surface area contributed by atoms with Crippen molar-refractivity contribution < 1.29 is 9.52 Å². The van der Waals surface area contributed by atoms with E-state index in [2.05, 4.69) is 24.1 Å². The van der Waals surface area contributed by atoms with Crippen molar-refractivity contribution in [1.29, 1.82) is 0 Å². The molecule has 4 nitrogen and oxygen atoms in total. The van der Waals surface area contributed by atoms with Crippen LogP contribution in [0.15, 0.2) is 16.5 Å². The summed E-state index contributed by atoms with van der Waals surface area (Å²) in [6.07, 6.45) is 1.13. The Kier molecular flexibility index (Phi) is 9.51. The minimum atomic E-state index is -0.0191. The Bertz CT molecular complexity index is 368. The molecule has 0 bridgehead atoms. The molecule has 0 spiro atoms. The molecular weight excluding hydrogens is 299 g/mol. The molecule has 0 aliphatic carbocycles. The Balaban J connectivity index is 0.00000180. The lowest BCUT2D eigenvalue weighted by Gasteiger charge is -2.36. The molecule has 1 saturated heterocycles. The molecule has 1 fully saturated rings. The van der Waals surface area contributed by atoms with Gasteiger partial charge in [-0.2, -0.15) is 0 Å². The molecule has 20 heavy (non-hydrogen) atoms. The van der Waals surface area contributed by atoms with Crippen LogP contribution in [-0.4, -0.2) is 36.2 Å². The highest BCUT2D eigenvalue weighted by atomic mass is 35.5. The van der Waals surface area contributed by atoms with Crippen LogP contribution in [0.25, 0.3) is 0 Å². The molecule has 1 aliphatic rings. The first-order valence-corrected chi connectivity index (χ1v) is 6.90. The number of nitrogens with zero attached hydrogens (tertiary/aromatic N) is 1. The van der Waals surface area contributed by atoms with Gasteiger partial charge in [-0.3, -0.25) is 4.90 Å². The molecule has 1 unspecified atom stereocenters. The van der Waals surface area contributed by atoms with Crippen molar-refractivity contribution in [1.82, 2.24) is 10.2 Å². The lowest BCUT2D eigenvalue weighted by Crippen LogP contribution is -2.46. The van der Waals surface area contributed by atoms with Gasteiger partial charge in [0.05, 0.1) is 6.04 Å². The van der Waals surface area contributed by atoms with Gasteiger partial charge in [0.2, 0.25) is 0 Å². The SMILES string of the molecule is CCC(C)[C@@H](c1ccc(CO)o1)N1CCNCC1.Cl.Cl. The van der Waals surface area contributed by atoms with E-state index in [1.54, 1.807) is 0 Å². The highest BCUT2D eigenvalue weighted by Crippen LogP contribution is 2.32. The number of furan rings is 1. The summed E-state index contributed by atoms with van der Waals surface area (Å²) in [5.74, 6) is 2.21. The van der Waals surface area contributed by atoms with Crippen LogP contribution < -0.4 is 5.32 Å². The maximum atomic E-state index is 9.12. The highest BCUT2D eigenvalue weighted by molar-refractivity contribution is 5.85. The number of rotatable bonds is 5.